The van der Waals surface area contributed by atoms with Gasteiger partial charge in [-0.05, 0) is 89.9 Å². The highest BCUT2D eigenvalue weighted by Gasteiger charge is 2.28. The lowest BCUT2D eigenvalue weighted by Crippen LogP contribution is -2.30. The minimum Gasteiger partial charge on any atom is -0.462 e. The van der Waals surface area contributed by atoms with Gasteiger partial charge in [0.2, 0.25) is 0 Å². The van der Waals surface area contributed by atoms with Crippen molar-refractivity contribution in [3.8, 4) is 0 Å². The Balaban J connectivity index is 4.73. The van der Waals surface area contributed by atoms with Crippen molar-refractivity contribution in [1.29, 1.82) is 0 Å². The summed E-state index contributed by atoms with van der Waals surface area (Å²) >= 11 is 0. The molecule has 0 aliphatic heterocycles. The lowest BCUT2D eigenvalue weighted by molar-refractivity contribution is -0.161. The Labute approximate surface area is 477 Å². The van der Waals surface area contributed by atoms with Crippen molar-refractivity contribution >= 4 is 25.7 Å². The van der Waals surface area contributed by atoms with Crippen LogP contribution in [0.3, 0.4) is 0 Å². The maximum absolute atomic E-state index is 12.9. The number of unbranched alkanes of at least 4 members (excludes halogenated alkanes) is 27. The molecule has 0 saturated heterocycles. The Hall–Kier alpha value is -3.34. The first-order valence-electron chi connectivity index (χ1n) is 31.5. The van der Waals surface area contributed by atoms with Crippen molar-refractivity contribution in [2.45, 2.75) is 290 Å². The van der Waals surface area contributed by atoms with Gasteiger partial charge in [-0.2, -0.15) is 0 Å². The number of hydrogen-bond donors (Lipinski definition) is 2. The van der Waals surface area contributed by atoms with E-state index in [4.69, 9.17) is 23.3 Å². The smallest absolute Gasteiger partial charge is 0.462 e. The molecule has 0 spiro atoms. The van der Waals surface area contributed by atoms with E-state index in [2.05, 4.69) is 106 Å². The van der Waals surface area contributed by atoms with E-state index in [9.17, 15) is 28.9 Å². The second-order valence-electron chi connectivity index (χ2n) is 20.8. The molecule has 78 heavy (non-hydrogen) atoms. The molecule has 3 unspecified atom stereocenters. The molecule has 11 nitrogen and oxygen atoms in total. The van der Waals surface area contributed by atoms with Crippen LogP contribution in [-0.2, 0) is 42.2 Å². The molecule has 0 rings (SSSR count). The van der Waals surface area contributed by atoms with E-state index >= 15 is 0 Å². The molecule has 0 aliphatic rings. The SMILES string of the molecule is CC/C=C\C/C=C\C/C=C\C/C=C\CCCCCCC(=O)OC(COC(=O)CCCCCCCCCCCCCCCCCCC)COP(=O)(O)OCC(CO)OC(=O)CCCCCCCCC/C=C\C/C=C\C/C=C\CC. The van der Waals surface area contributed by atoms with Crippen LogP contribution in [0.4, 0.5) is 0 Å². The van der Waals surface area contributed by atoms with Gasteiger partial charge in [-0.1, -0.05) is 254 Å². The maximum Gasteiger partial charge on any atom is 0.472 e. The third-order valence-electron chi connectivity index (χ3n) is 13.3. The van der Waals surface area contributed by atoms with Crippen LogP contribution in [0.2, 0.25) is 0 Å². The van der Waals surface area contributed by atoms with Crippen molar-refractivity contribution in [3.05, 3.63) is 85.1 Å². The Bertz CT molecular complexity index is 1630. The van der Waals surface area contributed by atoms with Gasteiger partial charge in [0.15, 0.2) is 6.10 Å². The standard InChI is InChI=1S/C66H115O11P/c1-4-7-10-13-16-19-22-25-28-31-34-37-40-43-46-49-52-55-64(68)73-59-63(77-66(70)57-54-51-48-45-42-39-36-33-30-27-24-21-18-15-12-9-6-3)61-75-78(71,72)74-60-62(58-67)76-65(69)56-53-50-47-44-41-38-35-32-29-26-23-20-17-14-11-8-5-2/h8-9,11-12,17-18,20-21,26-27,29-30,36,39,62-63,67H,4-7,10,13-16,19,22-25,28,31-35,37-38,40-61H2,1-3H3,(H,71,72)/b11-8-,12-9-,20-17-,21-18-,29-26-,30-27-,39-36-. The zero-order valence-corrected chi connectivity index (χ0v) is 50.8. The van der Waals surface area contributed by atoms with E-state index in [1.807, 2.05) is 0 Å². The van der Waals surface area contributed by atoms with Crippen LogP contribution in [0.1, 0.15) is 278 Å². The Morgan fingerprint density at radius 2 is 0.667 bits per heavy atom. The number of rotatable bonds is 58. The lowest BCUT2D eigenvalue weighted by Gasteiger charge is -2.21. The first-order chi connectivity index (χ1) is 38.2. The third-order valence-corrected chi connectivity index (χ3v) is 14.3. The van der Waals surface area contributed by atoms with Gasteiger partial charge in [0, 0.05) is 19.3 Å². The summed E-state index contributed by atoms with van der Waals surface area (Å²) in [6.45, 7) is 4.42. The van der Waals surface area contributed by atoms with Gasteiger partial charge in [-0.15, -0.1) is 0 Å². The molecule has 0 amide bonds. The van der Waals surface area contributed by atoms with Gasteiger partial charge < -0.3 is 24.2 Å². The number of esters is 3. The Morgan fingerprint density at radius 3 is 1.03 bits per heavy atom. The van der Waals surface area contributed by atoms with Crippen molar-refractivity contribution in [1.82, 2.24) is 0 Å². The van der Waals surface area contributed by atoms with Crippen molar-refractivity contribution in [2.75, 3.05) is 26.4 Å². The number of carbonyl (C=O) groups excluding carboxylic acids is 3. The van der Waals surface area contributed by atoms with Crippen LogP contribution in [0.25, 0.3) is 0 Å². The Morgan fingerprint density at radius 1 is 0.372 bits per heavy atom. The van der Waals surface area contributed by atoms with Gasteiger partial charge in [0.25, 0.3) is 0 Å². The number of aliphatic hydroxyl groups excluding tert-OH is 1. The first-order valence-corrected chi connectivity index (χ1v) is 33.0. The molecular weight excluding hydrogens is 1000 g/mol. The van der Waals surface area contributed by atoms with E-state index in [1.165, 1.54) is 96.3 Å². The van der Waals surface area contributed by atoms with E-state index < -0.39 is 57.8 Å². The molecule has 0 aliphatic carbocycles. The Kier molecular flexibility index (Phi) is 57.2. The van der Waals surface area contributed by atoms with Gasteiger partial charge in [0.05, 0.1) is 19.8 Å². The summed E-state index contributed by atoms with van der Waals surface area (Å²) in [6.07, 6.45) is 69.6. The third kappa shape index (κ3) is 57.3. The lowest BCUT2D eigenvalue weighted by atomic mass is 10.0. The molecule has 0 aromatic rings. The topological polar surface area (TPSA) is 155 Å². The predicted octanol–water partition coefficient (Wildman–Crippen LogP) is 19.0. The summed E-state index contributed by atoms with van der Waals surface area (Å²) in [6, 6.07) is 0. The largest absolute Gasteiger partial charge is 0.472 e. The van der Waals surface area contributed by atoms with E-state index in [0.29, 0.717) is 19.3 Å². The van der Waals surface area contributed by atoms with Crippen LogP contribution >= 0.6 is 7.82 Å². The minimum absolute atomic E-state index is 0.138. The van der Waals surface area contributed by atoms with Crippen molar-refractivity contribution in [3.63, 3.8) is 0 Å². The highest BCUT2D eigenvalue weighted by atomic mass is 31.2. The fraction of sp³-hybridized carbons (Fsp3) is 0.742. The molecule has 12 heteroatoms. The molecule has 450 valence electrons. The maximum atomic E-state index is 12.9. The molecule has 0 fully saturated rings. The summed E-state index contributed by atoms with van der Waals surface area (Å²) < 4.78 is 39.6. The van der Waals surface area contributed by atoms with Crippen LogP contribution in [0, 0.1) is 0 Å². The van der Waals surface area contributed by atoms with Gasteiger partial charge in [0.1, 0.15) is 12.7 Å². The molecule has 3 atom stereocenters. The van der Waals surface area contributed by atoms with E-state index in [0.717, 1.165) is 122 Å². The molecular formula is C66H115O11P. The summed E-state index contributed by atoms with van der Waals surface area (Å²) in [5.41, 5.74) is 0. The van der Waals surface area contributed by atoms with E-state index in [-0.39, 0.29) is 25.9 Å². The normalized spacial score (nSPS) is 13.9. The number of phosphoric acid groups is 1. The van der Waals surface area contributed by atoms with Crippen LogP contribution in [0.15, 0.2) is 85.1 Å². The highest BCUT2D eigenvalue weighted by Crippen LogP contribution is 2.43. The zero-order chi connectivity index (χ0) is 56.9. The zero-order valence-electron chi connectivity index (χ0n) is 49.9. The predicted molar refractivity (Wildman–Crippen MR) is 325 cm³/mol. The summed E-state index contributed by atoms with van der Waals surface area (Å²) in [4.78, 5) is 48.7. The van der Waals surface area contributed by atoms with Gasteiger partial charge in [-0.3, -0.25) is 23.4 Å². The fourth-order valence-electron chi connectivity index (χ4n) is 8.60. The fourth-order valence-corrected chi connectivity index (χ4v) is 9.38. The van der Waals surface area contributed by atoms with Crippen LogP contribution < -0.4 is 0 Å². The number of allylic oxidation sites excluding steroid dienone is 14. The molecule has 0 aromatic carbocycles. The number of carbonyl (C=O) groups is 3. The molecule has 2 N–H and O–H groups in total. The number of phosphoric ester groups is 1. The summed E-state index contributed by atoms with van der Waals surface area (Å²) in [7, 11) is -4.76. The van der Waals surface area contributed by atoms with Gasteiger partial charge >= 0.3 is 25.7 Å². The average molecular weight is 1120 g/mol. The number of aliphatic hydroxyl groups is 1. The summed E-state index contributed by atoms with van der Waals surface area (Å²) in [5, 5.41) is 9.85. The first kappa shape index (κ1) is 74.7. The second-order valence-corrected chi connectivity index (χ2v) is 22.3. The quantitative estimate of drug-likeness (QED) is 0.0197. The molecule has 0 saturated carbocycles. The van der Waals surface area contributed by atoms with Crippen LogP contribution in [-0.4, -0.2) is 66.5 Å². The number of hydrogen-bond acceptors (Lipinski definition) is 10. The molecule has 0 bridgehead atoms. The molecule has 0 heterocycles. The monoisotopic (exact) mass is 1110 g/mol. The second kappa shape index (κ2) is 59.8. The molecule has 0 aromatic heterocycles. The highest BCUT2D eigenvalue weighted by molar-refractivity contribution is 7.47. The summed E-state index contributed by atoms with van der Waals surface area (Å²) in [5.74, 6) is -1.49. The molecule has 0 radical (unpaired) electrons. The average Bonchev–Trinajstić information content (AvgIpc) is 3.43. The number of ether oxygens (including phenoxy) is 3. The van der Waals surface area contributed by atoms with E-state index in [1.54, 1.807) is 0 Å². The van der Waals surface area contributed by atoms with Crippen molar-refractivity contribution in [2.24, 2.45) is 0 Å². The van der Waals surface area contributed by atoms with Crippen LogP contribution in [0.5, 0.6) is 0 Å². The van der Waals surface area contributed by atoms with Gasteiger partial charge in [-0.25, -0.2) is 4.57 Å². The van der Waals surface area contributed by atoms with Crippen molar-refractivity contribution < 1.29 is 52.2 Å². The minimum atomic E-state index is -4.76.